The van der Waals surface area contributed by atoms with E-state index in [1.54, 1.807) is 13.1 Å². The summed E-state index contributed by atoms with van der Waals surface area (Å²) in [6.45, 7) is 10.1. The lowest BCUT2D eigenvalue weighted by atomic mass is 9.73. The van der Waals surface area contributed by atoms with Crippen LogP contribution in [0.4, 0.5) is 5.82 Å². The number of nitrogens with one attached hydrogen (secondary N) is 2. The lowest BCUT2D eigenvalue weighted by Crippen LogP contribution is -2.42. The largest absolute Gasteiger partial charge is 0.481 e. The molecule has 7 rings (SSSR count). The summed E-state index contributed by atoms with van der Waals surface area (Å²) in [7, 11) is 0. The third-order valence-electron chi connectivity index (χ3n) is 10.6. The number of aryl methyl sites for hydroxylation is 1. The maximum atomic E-state index is 11.9. The van der Waals surface area contributed by atoms with E-state index in [4.69, 9.17) is 19.4 Å². The number of nitrogens with zero attached hydrogens (tertiary/aromatic N) is 5. The summed E-state index contributed by atoms with van der Waals surface area (Å²) in [5.41, 5.74) is 5.36. The summed E-state index contributed by atoms with van der Waals surface area (Å²) in [6, 6.07) is 18.3. The molecule has 1 aliphatic carbocycles. The van der Waals surface area contributed by atoms with Crippen molar-refractivity contribution in [2.45, 2.75) is 58.8 Å². The molecule has 4 heterocycles. The predicted molar refractivity (Wildman–Crippen MR) is 200 cm³/mol. The van der Waals surface area contributed by atoms with Gasteiger partial charge in [-0.3, -0.25) is 14.7 Å². The summed E-state index contributed by atoms with van der Waals surface area (Å²) in [6.07, 6.45) is 10.3. The number of aromatic nitrogens is 3. The van der Waals surface area contributed by atoms with Crippen LogP contribution in [0.25, 0.3) is 27.6 Å². The molecule has 2 aromatic carbocycles. The van der Waals surface area contributed by atoms with Crippen molar-refractivity contribution in [2.24, 2.45) is 11.3 Å². The number of carboxylic acids is 1. The van der Waals surface area contributed by atoms with E-state index in [9.17, 15) is 20.3 Å². The van der Waals surface area contributed by atoms with E-state index in [2.05, 4.69) is 59.7 Å². The molecule has 1 saturated heterocycles. The molecule has 0 saturated carbocycles. The molecule has 3 aromatic heterocycles. The lowest BCUT2D eigenvalue weighted by molar-refractivity contribution is -0.147. The summed E-state index contributed by atoms with van der Waals surface area (Å²) in [4.78, 5) is 28.7. The zero-order valence-corrected chi connectivity index (χ0v) is 29.8. The fraction of sp³-hybridized carbons (Fsp3) is 0.341. The Morgan fingerprint density at radius 2 is 2.02 bits per heavy atom. The Morgan fingerprint density at radius 3 is 2.77 bits per heavy atom. The molecule has 1 aliphatic heterocycles. The number of carboxylic acid groups (broad SMARTS) is 1. The van der Waals surface area contributed by atoms with E-state index in [0.717, 1.165) is 33.2 Å². The van der Waals surface area contributed by atoms with Crippen LogP contribution in [0.1, 0.15) is 60.9 Å². The number of pyridine rings is 2. The zero-order valence-electron chi connectivity index (χ0n) is 29.8. The van der Waals surface area contributed by atoms with Gasteiger partial charge in [0.25, 0.3) is 0 Å². The number of oxazole rings is 1. The number of allylic oxidation sites excluding steroid dienone is 2. The second kappa shape index (κ2) is 14.0. The van der Waals surface area contributed by atoms with Crippen LogP contribution in [-0.2, 0) is 23.4 Å². The predicted octanol–water partition coefficient (Wildman–Crippen LogP) is 6.32. The van der Waals surface area contributed by atoms with Gasteiger partial charge < -0.3 is 25.3 Å². The van der Waals surface area contributed by atoms with Gasteiger partial charge in [0.15, 0.2) is 11.4 Å². The zero-order chi connectivity index (χ0) is 36.6. The van der Waals surface area contributed by atoms with E-state index in [-0.39, 0.29) is 18.6 Å². The Hall–Kier alpha value is -5.41. The third-order valence-corrected chi connectivity index (χ3v) is 10.6. The SMILES string of the molecule is Cc1ccccc1C1=CC=CC(Nc2nccc3cc(CNC(C)CO)cnc23)(c2nc3cc(CN4CC[C@@](C)(C(=O)O)C4)cc(C#N)c3o2)C1C. The van der Waals surface area contributed by atoms with Crippen molar-refractivity contribution in [1.82, 2.24) is 25.2 Å². The highest BCUT2D eigenvalue weighted by Gasteiger charge is 2.45. The molecule has 0 bridgehead atoms. The maximum Gasteiger partial charge on any atom is 0.310 e. The molecule has 11 nitrogen and oxygen atoms in total. The number of aliphatic hydroxyl groups excluding tert-OH is 1. The molecular weight excluding hydrogens is 654 g/mol. The normalized spacial score (nSPS) is 22.4. The Kier molecular flexibility index (Phi) is 9.40. The van der Waals surface area contributed by atoms with Gasteiger partial charge in [-0.2, -0.15) is 5.26 Å². The molecule has 2 aliphatic rings. The van der Waals surface area contributed by atoms with E-state index >= 15 is 0 Å². The van der Waals surface area contributed by atoms with Gasteiger partial charge in [-0.15, -0.1) is 0 Å². The molecule has 4 N–H and O–H groups in total. The highest BCUT2D eigenvalue weighted by atomic mass is 16.4. The number of hydrogen-bond donors (Lipinski definition) is 4. The van der Waals surface area contributed by atoms with Gasteiger partial charge in [-0.05, 0) is 91.9 Å². The van der Waals surface area contributed by atoms with Gasteiger partial charge in [0.1, 0.15) is 22.6 Å². The van der Waals surface area contributed by atoms with E-state index in [0.29, 0.717) is 66.5 Å². The molecule has 4 atom stereocenters. The van der Waals surface area contributed by atoms with Gasteiger partial charge in [-0.25, -0.2) is 9.97 Å². The smallest absolute Gasteiger partial charge is 0.310 e. The van der Waals surface area contributed by atoms with Crippen molar-refractivity contribution in [3.8, 4) is 6.07 Å². The Morgan fingerprint density at radius 1 is 1.19 bits per heavy atom. The van der Waals surface area contributed by atoms with Crippen molar-refractivity contribution in [3.63, 3.8) is 0 Å². The number of nitriles is 1. The topological polar surface area (TPSA) is 160 Å². The van der Waals surface area contributed by atoms with E-state index in [1.165, 1.54) is 0 Å². The first-order valence-corrected chi connectivity index (χ1v) is 17.6. The number of aliphatic hydroxyl groups is 1. The van der Waals surface area contributed by atoms with Crippen LogP contribution in [0.5, 0.6) is 0 Å². The number of rotatable bonds is 11. The van der Waals surface area contributed by atoms with Crippen LogP contribution in [0.2, 0.25) is 0 Å². The molecular formula is C41H43N7O4. The van der Waals surface area contributed by atoms with Crippen LogP contribution in [0, 0.1) is 29.6 Å². The molecule has 11 heteroatoms. The van der Waals surface area contributed by atoms with Crippen molar-refractivity contribution < 1.29 is 19.4 Å². The second-order valence-electron chi connectivity index (χ2n) is 14.5. The minimum absolute atomic E-state index is 0.0396. The van der Waals surface area contributed by atoms with Gasteiger partial charge in [0.05, 0.1) is 17.6 Å². The Bertz CT molecular complexity index is 2270. The molecule has 3 unspecified atom stereocenters. The molecule has 0 spiro atoms. The standard InChI is InChI=1S/C41H43N7O4/c1-25-8-5-6-9-32(25)33-10-7-12-41(27(33)3,47-37-35-30(11-14-43-37)17-29(21-45-35)20-44-26(2)23-49)38-46-34-18-28(16-31(19-42)36(34)52-38)22-48-15-13-40(4,24-48)39(50)51/h5-12,14,16-18,21,26-27,44,49H,13,15,20,22-24H2,1-4H3,(H,43,47)(H,50,51)/t26?,27?,40-,41?/m1/s1. The van der Waals surface area contributed by atoms with E-state index in [1.807, 2.05) is 55.6 Å². The fourth-order valence-electron chi connectivity index (χ4n) is 7.43. The van der Waals surface area contributed by atoms with Gasteiger partial charge >= 0.3 is 5.97 Å². The number of carbonyl (C=O) groups is 1. The van der Waals surface area contributed by atoms with Crippen molar-refractivity contribution in [3.05, 3.63) is 113 Å². The number of benzene rings is 2. The first-order valence-electron chi connectivity index (χ1n) is 17.6. The van der Waals surface area contributed by atoms with Gasteiger partial charge in [0.2, 0.25) is 5.89 Å². The highest BCUT2D eigenvalue weighted by molar-refractivity contribution is 5.89. The summed E-state index contributed by atoms with van der Waals surface area (Å²) in [5.74, 6) is -0.0640. The number of hydrogen-bond acceptors (Lipinski definition) is 10. The molecule has 5 aromatic rings. The van der Waals surface area contributed by atoms with Crippen molar-refractivity contribution in [2.75, 3.05) is 25.0 Å². The van der Waals surface area contributed by atoms with Crippen molar-refractivity contribution in [1.29, 1.82) is 5.26 Å². The van der Waals surface area contributed by atoms with Crippen LogP contribution in [0.15, 0.2) is 83.6 Å². The average Bonchev–Trinajstić information content (AvgIpc) is 3.76. The lowest BCUT2D eigenvalue weighted by Gasteiger charge is -2.39. The fourth-order valence-corrected chi connectivity index (χ4v) is 7.43. The number of anilines is 1. The van der Waals surface area contributed by atoms with Gasteiger partial charge in [-0.1, -0.05) is 43.3 Å². The third kappa shape index (κ3) is 6.45. The highest BCUT2D eigenvalue weighted by Crippen LogP contribution is 2.46. The van der Waals surface area contributed by atoms with Crippen LogP contribution >= 0.6 is 0 Å². The Labute approximate surface area is 302 Å². The summed E-state index contributed by atoms with van der Waals surface area (Å²) >= 11 is 0. The molecule has 52 heavy (non-hydrogen) atoms. The van der Waals surface area contributed by atoms with Crippen LogP contribution < -0.4 is 10.6 Å². The average molecular weight is 698 g/mol. The monoisotopic (exact) mass is 697 g/mol. The number of likely N-dealkylation sites (tertiary alicyclic amines) is 1. The minimum atomic E-state index is -1.03. The summed E-state index contributed by atoms with van der Waals surface area (Å²) < 4.78 is 6.63. The first kappa shape index (κ1) is 35.0. The van der Waals surface area contributed by atoms with Crippen molar-refractivity contribution >= 4 is 39.4 Å². The van der Waals surface area contributed by atoms with Crippen LogP contribution in [-0.4, -0.2) is 61.8 Å². The number of fused-ring (bicyclic) bond motifs is 2. The number of aliphatic carboxylic acids is 1. The van der Waals surface area contributed by atoms with E-state index < -0.39 is 16.9 Å². The van der Waals surface area contributed by atoms with Crippen LogP contribution in [0.3, 0.4) is 0 Å². The summed E-state index contributed by atoms with van der Waals surface area (Å²) in [5, 5.41) is 37.4. The molecule has 266 valence electrons. The minimum Gasteiger partial charge on any atom is -0.481 e. The molecule has 0 amide bonds. The Balaban J connectivity index is 1.31. The molecule has 0 radical (unpaired) electrons. The second-order valence-corrected chi connectivity index (χ2v) is 14.5. The first-order chi connectivity index (χ1) is 25.0. The quantitative estimate of drug-likeness (QED) is 0.122. The maximum absolute atomic E-state index is 11.9. The van der Waals surface area contributed by atoms with Gasteiger partial charge in [0, 0.05) is 49.4 Å². The molecule has 1 fully saturated rings.